The van der Waals surface area contributed by atoms with Crippen LogP contribution in [-0.4, -0.2) is 50.5 Å². The van der Waals surface area contributed by atoms with Gasteiger partial charge in [0, 0.05) is 34.1 Å². The fourth-order valence-corrected chi connectivity index (χ4v) is 5.59. The lowest BCUT2D eigenvalue weighted by molar-refractivity contribution is -0.140. The SMILES string of the molecule is CC[C@@H](C(=O)NCC(C)C)N(Cc1c(Cl)cccc1Cl)C(=O)CN(c1cccc2ccccc12)S(C)(=O)=O. The molecular weight excluding hydrogens is 545 g/mol. The zero-order chi connectivity index (χ0) is 28.0. The minimum Gasteiger partial charge on any atom is -0.354 e. The Morgan fingerprint density at radius 3 is 2.16 bits per heavy atom. The van der Waals surface area contributed by atoms with Gasteiger partial charge in [-0.15, -0.1) is 0 Å². The van der Waals surface area contributed by atoms with Gasteiger partial charge in [-0.3, -0.25) is 13.9 Å². The Morgan fingerprint density at radius 1 is 0.947 bits per heavy atom. The van der Waals surface area contributed by atoms with Crippen LogP contribution >= 0.6 is 23.2 Å². The number of halogens is 2. The van der Waals surface area contributed by atoms with E-state index in [1.807, 2.05) is 44.2 Å². The molecule has 0 fully saturated rings. The highest BCUT2D eigenvalue weighted by Gasteiger charge is 2.33. The molecular formula is C28H33Cl2N3O4S. The molecule has 3 aromatic rings. The fraction of sp³-hybridized carbons (Fsp3) is 0.357. The molecule has 1 N–H and O–H groups in total. The number of nitrogens with zero attached hydrogens (tertiary/aromatic N) is 2. The standard InChI is InChI=1S/C28H33Cl2N3O4S/c1-5-25(28(35)31-16-19(2)3)32(17-22-23(29)13-9-14-24(22)30)27(34)18-33(38(4,36)37)26-15-8-11-20-10-6-7-12-21(20)26/h6-15,19,25H,5,16-18H2,1-4H3,(H,31,35)/t25-/m0/s1. The first-order chi connectivity index (χ1) is 17.9. The molecule has 0 saturated carbocycles. The topological polar surface area (TPSA) is 86.8 Å². The van der Waals surface area contributed by atoms with Crippen LogP contribution in [0.5, 0.6) is 0 Å². The molecule has 3 rings (SSSR count). The zero-order valence-electron chi connectivity index (χ0n) is 21.9. The predicted octanol–water partition coefficient (Wildman–Crippen LogP) is 5.49. The van der Waals surface area contributed by atoms with E-state index < -0.39 is 28.5 Å². The number of nitrogens with one attached hydrogen (secondary N) is 1. The Bertz CT molecular complexity index is 1390. The molecule has 0 spiro atoms. The molecule has 10 heteroatoms. The van der Waals surface area contributed by atoms with Crippen LogP contribution in [0.1, 0.15) is 32.8 Å². The average molecular weight is 579 g/mol. The minimum absolute atomic E-state index is 0.0575. The van der Waals surface area contributed by atoms with Crippen molar-refractivity contribution in [2.24, 2.45) is 5.92 Å². The quantitative estimate of drug-likeness (QED) is 0.326. The Morgan fingerprint density at radius 2 is 1.55 bits per heavy atom. The van der Waals surface area contributed by atoms with Gasteiger partial charge in [-0.1, -0.05) is 86.4 Å². The number of carbonyl (C=O) groups excluding carboxylic acids is 2. The largest absolute Gasteiger partial charge is 0.354 e. The molecule has 204 valence electrons. The smallest absolute Gasteiger partial charge is 0.244 e. The summed E-state index contributed by atoms with van der Waals surface area (Å²) in [6.07, 6.45) is 1.37. The monoisotopic (exact) mass is 577 g/mol. The molecule has 0 aliphatic carbocycles. The van der Waals surface area contributed by atoms with E-state index in [-0.39, 0.29) is 18.4 Å². The van der Waals surface area contributed by atoms with E-state index in [2.05, 4.69) is 5.32 Å². The molecule has 2 amide bonds. The summed E-state index contributed by atoms with van der Waals surface area (Å²) in [5.41, 5.74) is 0.863. The zero-order valence-corrected chi connectivity index (χ0v) is 24.3. The lowest BCUT2D eigenvalue weighted by Gasteiger charge is -2.33. The van der Waals surface area contributed by atoms with Crippen LogP contribution < -0.4 is 9.62 Å². The summed E-state index contributed by atoms with van der Waals surface area (Å²) in [7, 11) is -3.87. The molecule has 0 aliphatic rings. The van der Waals surface area contributed by atoms with Crippen LogP contribution in [0.3, 0.4) is 0 Å². The van der Waals surface area contributed by atoms with Gasteiger partial charge in [0.25, 0.3) is 0 Å². The molecule has 0 radical (unpaired) electrons. The van der Waals surface area contributed by atoms with Crippen molar-refractivity contribution in [1.82, 2.24) is 10.2 Å². The number of hydrogen-bond acceptors (Lipinski definition) is 4. The lowest BCUT2D eigenvalue weighted by atomic mass is 10.1. The van der Waals surface area contributed by atoms with Gasteiger partial charge in [-0.2, -0.15) is 0 Å². The van der Waals surface area contributed by atoms with E-state index in [0.717, 1.165) is 15.9 Å². The Kier molecular flexibility index (Phi) is 10.0. The highest BCUT2D eigenvalue weighted by molar-refractivity contribution is 7.92. The first kappa shape index (κ1) is 29.7. The van der Waals surface area contributed by atoms with Crippen LogP contribution in [0.15, 0.2) is 60.7 Å². The van der Waals surface area contributed by atoms with Crippen LogP contribution in [0.4, 0.5) is 5.69 Å². The van der Waals surface area contributed by atoms with Crippen LogP contribution in [0, 0.1) is 5.92 Å². The third-order valence-corrected chi connectivity index (χ3v) is 8.01. The third kappa shape index (κ3) is 7.18. The Hall–Kier alpha value is -2.81. The van der Waals surface area contributed by atoms with Crippen molar-refractivity contribution < 1.29 is 18.0 Å². The van der Waals surface area contributed by atoms with Crippen molar-refractivity contribution in [3.8, 4) is 0 Å². The van der Waals surface area contributed by atoms with E-state index in [4.69, 9.17) is 23.2 Å². The second kappa shape index (κ2) is 12.8. The van der Waals surface area contributed by atoms with Crippen molar-refractivity contribution in [3.05, 3.63) is 76.3 Å². The summed E-state index contributed by atoms with van der Waals surface area (Å²) in [4.78, 5) is 28.5. The number of anilines is 1. The van der Waals surface area contributed by atoms with E-state index in [1.165, 1.54) is 4.90 Å². The Balaban J connectivity index is 2.05. The van der Waals surface area contributed by atoms with Crippen LogP contribution in [0.25, 0.3) is 10.8 Å². The normalized spacial score (nSPS) is 12.4. The molecule has 0 unspecified atom stereocenters. The molecule has 0 aliphatic heterocycles. The van der Waals surface area contributed by atoms with Gasteiger partial charge in [0.1, 0.15) is 12.6 Å². The molecule has 7 nitrogen and oxygen atoms in total. The van der Waals surface area contributed by atoms with Crippen molar-refractivity contribution in [3.63, 3.8) is 0 Å². The van der Waals surface area contributed by atoms with Gasteiger partial charge < -0.3 is 10.2 Å². The second-order valence-electron chi connectivity index (χ2n) is 9.55. The summed E-state index contributed by atoms with van der Waals surface area (Å²) in [5, 5.41) is 5.12. The van der Waals surface area contributed by atoms with Gasteiger partial charge >= 0.3 is 0 Å². The maximum absolute atomic E-state index is 13.9. The van der Waals surface area contributed by atoms with Gasteiger partial charge in [0.05, 0.1) is 11.9 Å². The lowest BCUT2D eigenvalue weighted by Crippen LogP contribution is -2.52. The average Bonchev–Trinajstić information content (AvgIpc) is 2.86. The van der Waals surface area contributed by atoms with E-state index >= 15 is 0 Å². The first-order valence-electron chi connectivity index (χ1n) is 12.4. The summed E-state index contributed by atoms with van der Waals surface area (Å²) in [6, 6.07) is 16.8. The maximum atomic E-state index is 13.9. The number of amides is 2. The van der Waals surface area contributed by atoms with E-state index in [1.54, 1.807) is 37.3 Å². The molecule has 3 aromatic carbocycles. The van der Waals surface area contributed by atoms with Crippen LogP contribution in [-0.2, 0) is 26.2 Å². The minimum atomic E-state index is -3.87. The number of rotatable bonds is 11. The summed E-state index contributed by atoms with van der Waals surface area (Å²) >= 11 is 12.8. The van der Waals surface area contributed by atoms with E-state index in [9.17, 15) is 18.0 Å². The highest BCUT2D eigenvalue weighted by atomic mass is 35.5. The number of fused-ring (bicyclic) bond motifs is 1. The summed E-state index contributed by atoms with van der Waals surface area (Å²) in [5.74, 6) is -0.662. The van der Waals surface area contributed by atoms with Crippen molar-refractivity contribution in [1.29, 1.82) is 0 Å². The number of benzene rings is 3. The molecule has 0 saturated heterocycles. The molecule has 1 atom stereocenters. The summed E-state index contributed by atoms with van der Waals surface area (Å²) < 4.78 is 27.1. The van der Waals surface area contributed by atoms with Gasteiger partial charge in [-0.05, 0) is 35.9 Å². The van der Waals surface area contributed by atoms with E-state index in [0.29, 0.717) is 39.6 Å². The number of sulfonamides is 1. The second-order valence-corrected chi connectivity index (χ2v) is 12.3. The fourth-order valence-electron chi connectivity index (χ4n) is 4.22. The molecule has 38 heavy (non-hydrogen) atoms. The van der Waals surface area contributed by atoms with Gasteiger partial charge in [0.15, 0.2) is 0 Å². The van der Waals surface area contributed by atoms with Gasteiger partial charge in [-0.25, -0.2) is 8.42 Å². The molecule has 0 heterocycles. The van der Waals surface area contributed by atoms with Crippen LogP contribution in [0.2, 0.25) is 10.0 Å². The van der Waals surface area contributed by atoms with Crippen molar-refractivity contribution >= 4 is 61.5 Å². The summed E-state index contributed by atoms with van der Waals surface area (Å²) in [6.45, 7) is 5.63. The number of hydrogen-bond donors (Lipinski definition) is 1. The predicted molar refractivity (Wildman–Crippen MR) is 155 cm³/mol. The maximum Gasteiger partial charge on any atom is 0.244 e. The van der Waals surface area contributed by atoms with Gasteiger partial charge in [0.2, 0.25) is 21.8 Å². The van der Waals surface area contributed by atoms with Crippen molar-refractivity contribution in [2.45, 2.75) is 39.8 Å². The Labute approximate surface area is 234 Å². The number of carbonyl (C=O) groups is 2. The molecule has 0 bridgehead atoms. The highest BCUT2D eigenvalue weighted by Crippen LogP contribution is 2.30. The molecule has 0 aromatic heterocycles. The first-order valence-corrected chi connectivity index (χ1v) is 15.0. The van der Waals surface area contributed by atoms with Crippen molar-refractivity contribution in [2.75, 3.05) is 23.7 Å². The third-order valence-electron chi connectivity index (χ3n) is 6.18.